The van der Waals surface area contributed by atoms with E-state index in [1.54, 1.807) is 24.3 Å². The molecule has 4 amide bonds. The quantitative estimate of drug-likeness (QED) is 0.375. The Labute approximate surface area is 185 Å². The molecule has 1 aliphatic heterocycles. The smallest absolute Gasteiger partial charge is 0.324 e. The van der Waals surface area contributed by atoms with Gasteiger partial charge in [-0.15, -0.1) is 0 Å². The number of anilines is 1. The number of aromatic amines is 1. The van der Waals surface area contributed by atoms with Gasteiger partial charge in [-0.05, 0) is 43.5 Å². The fourth-order valence-electron chi connectivity index (χ4n) is 3.87. The number of para-hydroxylation sites is 1. The highest BCUT2D eigenvalue weighted by Crippen LogP contribution is 2.20. The highest BCUT2D eigenvalue weighted by atomic mass is 16.2. The first-order chi connectivity index (χ1) is 15.4. The van der Waals surface area contributed by atoms with Gasteiger partial charge in [0.05, 0.1) is 0 Å². The van der Waals surface area contributed by atoms with E-state index in [1.807, 2.05) is 30.5 Å². The molecule has 8 nitrogen and oxygen atoms in total. The Balaban J connectivity index is 1.30. The molecule has 1 aromatic heterocycles. The normalized spacial score (nSPS) is 15.8. The molecule has 3 aromatic rings. The molecular formula is C24H24N4O4. The number of carbonyl (C=O) groups is 4. The number of rotatable bonds is 8. The van der Waals surface area contributed by atoms with Crippen LogP contribution >= 0.6 is 0 Å². The summed E-state index contributed by atoms with van der Waals surface area (Å²) in [7, 11) is 0. The molecule has 4 rings (SSSR count). The molecule has 2 heterocycles. The molecule has 2 aromatic carbocycles. The van der Waals surface area contributed by atoms with Crippen LogP contribution in [0.4, 0.5) is 10.5 Å². The van der Waals surface area contributed by atoms with E-state index in [2.05, 4.69) is 15.6 Å². The van der Waals surface area contributed by atoms with Crippen molar-refractivity contribution in [2.45, 2.75) is 32.2 Å². The van der Waals surface area contributed by atoms with Gasteiger partial charge in [-0.3, -0.25) is 19.3 Å². The van der Waals surface area contributed by atoms with Gasteiger partial charge in [0.15, 0.2) is 5.78 Å². The van der Waals surface area contributed by atoms with E-state index >= 15 is 0 Å². The molecular weight excluding hydrogens is 408 g/mol. The van der Waals surface area contributed by atoms with Crippen LogP contribution in [-0.2, 0) is 16.0 Å². The largest absolute Gasteiger partial charge is 0.361 e. The van der Waals surface area contributed by atoms with Gasteiger partial charge in [-0.25, -0.2) is 4.79 Å². The summed E-state index contributed by atoms with van der Waals surface area (Å²) in [5, 5.41) is 6.47. The lowest BCUT2D eigenvalue weighted by Crippen LogP contribution is -2.33. The van der Waals surface area contributed by atoms with Gasteiger partial charge in [-0.1, -0.05) is 30.3 Å². The monoisotopic (exact) mass is 432 g/mol. The maximum atomic E-state index is 12.7. The molecule has 1 atom stereocenters. The molecule has 1 aliphatic rings. The van der Waals surface area contributed by atoms with Gasteiger partial charge in [0.25, 0.3) is 5.91 Å². The first kappa shape index (κ1) is 21.3. The number of benzene rings is 2. The van der Waals surface area contributed by atoms with Crippen LogP contribution in [0.25, 0.3) is 10.9 Å². The van der Waals surface area contributed by atoms with E-state index in [1.165, 1.54) is 11.8 Å². The second kappa shape index (κ2) is 9.05. The van der Waals surface area contributed by atoms with Crippen molar-refractivity contribution in [2.75, 3.05) is 11.9 Å². The maximum absolute atomic E-state index is 12.7. The third-order valence-corrected chi connectivity index (χ3v) is 5.60. The number of Topliss-reactive ketones (excluding diaryl/α,β-unsaturated/α-hetero) is 1. The van der Waals surface area contributed by atoms with Crippen LogP contribution < -0.4 is 10.6 Å². The number of fused-ring (bicyclic) bond motifs is 1. The molecule has 8 heteroatoms. The lowest BCUT2D eigenvalue weighted by molar-refractivity contribution is -0.127. The Morgan fingerprint density at radius 2 is 1.91 bits per heavy atom. The van der Waals surface area contributed by atoms with Crippen LogP contribution in [0.1, 0.15) is 35.7 Å². The van der Waals surface area contributed by atoms with Crippen LogP contribution in [-0.4, -0.2) is 46.1 Å². The fraction of sp³-hybridized carbons (Fsp3) is 0.250. The van der Waals surface area contributed by atoms with Crippen LogP contribution in [0.2, 0.25) is 0 Å². The van der Waals surface area contributed by atoms with Crippen molar-refractivity contribution in [2.24, 2.45) is 0 Å². The molecule has 0 radical (unpaired) electrons. The average Bonchev–Trinajstić information content (AvgIpc) is 3.31. The van der Waals surface area contributed by atoms with Gasteiger partial charge in [0, 0.05) is 41.3 Å². The predicted molar refractivity (Wildman–Crippen MR) is 120 cm³/mol. The van der Waals surface area contributed by atoms with Crippen LogP contribution in [0.5, 0.6) is 0 Å². The van der Waals surface area contributed by atoms with Gasteiger partial charge in [0.1, 0.15) is 6.04 Å². The van der Waals surface area contributed by atoms with E-state index < -0.39 is 12.1 Å². The van der Waals surface area contributed by atoms with Crippen molar-refractivity contribution < 1.29 is 19.2 Å². The van der Waals surface area contributed by atoms with E-state index in [-0.39, 0.29) is 37.0 Å². The summed E-state index contributed by atoms with van der Waals surface area (Å²) < 4.78 is 0. The summed E-state index contributed by atoms with van der Waals surface area (Å²) >= 11 is 0. The molecule has 164 valence electrons. The van der Waals surface area contributed by atoms with Gasteiger partial charge < -0.3 is 15.6 Å². The third kappa shape index (κ3) is 4.54. The Kier molecular flexibility index (Phi) is 6.02. The van der Waals surface area contributed by atoms with Crippen LogP contribution in [0.15, 0.2) is 54.7 Å². The molecule has 0 aliphatic carbocycles. The summed E-state index contributed by atoms with van der Waals surface area (Å²) in [6.07, 6.45) is 2.71. The fourth-order valence-corrected chi connectivity index (χ4v) is 3.87. The number of hydrogen-bond donors (Lipinski definition) is 3. The lowest BCUT2D eigenvalue weighted by atomic mass is 10.1. The zero-order valence-electron chi connectivity index (χ0n) is 17.7. The highest BCUT2D eigenvalue weighted by Gasteiger charge is 2.37. The molecule has 0 spiro atoms. The first-order valence-corrected chi connectivity index (χ1v) is 10.5. The molecule has 0 bridgehead atoms. The highest BCUT2D eigenvalue weighted by molar-refractivity contribution is 6.04. The number of urea groups is 1. The molecule has 32 heavy (non-hydrogen) atoms. The number of nitrogens with zero attached hydrogens (tertiary/aromatic N) is 1. The zero-order chi connectivity index (χ0) is 22.7. The summed E-state index contributed by atoms with van der Waals surface area (Å²) in [6.45, 7) is 1.73. The van der Waals surface area contributed by atoms with Gasteiger partial charge >= 0.3 is 6.03 Å². The standard InChI is InChI=1S/C24H24N4O4/c1-15(29)16-5-4-6-18(13-16)26-22(30)10-9-21-23(31)28(24(32)27-21)12-11-17-14-25-20-8-3-2-7-19(17)20/h2-8,13-14,21,25H,9-12H2,1H3,(H,26,30)(H,27,32)/t21-/m1/s1. The number of imide groups is 1. The second-order valence-electron chi connectivity index (χ2n) is 7.83. The molecule has 0 saturated carbocycles. The van der Waals surface area contributed by atoms with E-state index in [0.717, 1.165) is 16.5 Å². The van der Waals surface area contributed by atoms with Crippen LogP contribution in [0, 0.1) is 0 Å². The first-order valence-electron chi connectivity index (χ1n) is 10.5. The predicted octanol–water partition coefficient (Wildman–Crippen LogP) is 3.25. The Bertz CT molecular complexity index is 1200. The van der Waals surface area contributed by atoms with Crippen molar-refractivity contribution in [3.05, 3.63) is 65.9 Å². The summed E-state index contributed by atoms with van der Waals surface area (Å²) in [5.41, 5.74) is 3.07. The number of hydrogen-bond acceptors (Lipinski definition) is 4. The van der Waals surface area contributed by atoms with Gasteiger partial charge in [0.2, 0.25) is 5.91 Å². The molecule has 0 unspecified atom stereocenters. The Morgan fingerprint density at radius 1 is 1.09 bits per heavy atom. The van der Waals surface area contributed by atoms with Crippen molar-refractivity contribution >= 4 is 40.2 Å². The van der Waals surface area contributed by atoms with Crippen molar-refractivity contribution in [3.8, 4) is 0 Å². The van der Waals surface area contributed by atoms with Crippen molar-refractivity contribution in [1.29, 1.82) is 0 Å². The topological polar surface area (TPSA) is 111 Å². The number of H-pyrrole nitrogens is 1. The summed E-state index contributed by atoms with van der Waals surface area (Å²) in [5.74, 6) is -0.695. The molecule has 3 N–H and O–H groups in total. The van der Waals surface area contributed by atoms with Crippen molar-refractivity contribution in [1.82, 2.24) is 15.2 Å². The summed E-state index contributed by atoms with van der Waals surface area (Å²) in [4.78, 5) is 53.2. The number of aromatic nitrogens is 1. The minimum absolute atomic E-state index is 0.0667. The summed E-state index contributed by atoms with van der Waals surface area (Å²) in [6, 6.07) is 13.4. The number of amides is 4. The number of ketones is 1. The second-order valence-corrected chi connectivity index (χ2v) is 7.83. The Morgan fingerprint density at radius 3 is 2.72 bits per heavy atom. The third-order valence-electron chi connectivity index (χ3n) is 5.60. The Hall–Kier alpha value is -3.94. The minimum atomic E-state index is -0.722. The lowest BCUT2D eigenvalue weighted by Gasteiger charge is -2.13. The van der Waals surface area contributed by atoms with Crippen molar-refractivity contribution in [3.63, 3.8) is 0 Å². The number of nitrogens with one attached hydrogen (secondary N) is 3. The number of carbonyl (C=O) groups excluding carboxylic acids is 4. The maximum Gasteiger partial charge on any atom is 0.324 e. The van der Waals surface area contributed by atoms with Gasteiger partial charge in [-0.2, -0.15) is 0 Å². The van der Waals surface area contributed by atoms with E-state index in [0.29, 0.717) is 17.7 Å². The van der Waals surface area contributed by atoms with Crippen LogP contribution in [0.3, 0.4) is 0 Å². The zero-order valence-corrected chi connectivity index (χ0v) is 17.7. The van der Waals surface area contributed by atoms with E-state index in [4.69, 9.17) is 0 Å². The van der Waals surface area contributed by atoms with E-state index in [9.17, 15) is 19.2 Å². The molecule has 1 fully saturated rings. The minimum Gasteiger partial charge on any atom is -0.361 e. The average molecular weight is 432 g/mol. The SMILES string of the molecule is CC(=O)c1cccc(NC(=O)CC[C@H]2NC(=O)N(CCc3c[nH]c4ccccc34)C2=O)c1. The molecule has 1 saturated heterocycles.